The van der Waals surface area contributed by atoms with E-state index in [4.69, 9.17) is 4.74 Å². The monoisotopic (exact) mass is 197 g/mol. The fraction of sp³-hybridized carbons (Fsp3) is 0.500. The Morgan fingerprint density at radius 2 is 2.38 bits per heavy atom. The molecule has 0 amide bonds. The van der Waals surface area contributed by atoms with E-state index in [2.05, 4.69) is 24.5 Å². The summed E-state index contributed by atoms with van der Waals surface area (Å²) in [7, 11) is 0. The number of thiol groups is 1. The molecule has 1 atom stereocenters. The van der Waals surface area contributed by atoms with Crippen LogP contribution in [-0.4, -0.2) is 17.3 Å². The molecule has 0 aromatic carbocycles. The number of nitrogens with zero attached hydrogens (tertiary/aromatic N) is 1. The molecule has 1 aromatic rings. The normalized spacial score (nSPS) is 12.5. The maximum atomic E-state index is 5.58. The van der Waals surface area contributed by atoms with Crippen molar-refractivity contribution in [3.8, 4) is 5.75 Å². The van der Waals surface area contributed by atoms with Gasteiger partial charge in [0.05, 0.1) is 12.3 Å². The molecular weight excluding hydrogens is 182 g/mol. The van der Waals surface area contributed by atoms with Gasteiger partial charge in [-0.25, -0.2) is 0 Å². The summed E-state index contributed by atoms with van der Waals surface area (Å²) in [4.78, 5) is 4.14. The Morgan fingerprint density at radius 3 is 3.00 bits per heavy atom. The van der Waals surface area contributed by atoms with Gasteiger partial charge in [-0.15, -0.1) is 0 Å². The lowest BCUT2D eigenvalue weighted by Crippen LogP contribution is -2.10. The number of aromatic nitrogens is 1. The second-order valence-electron chi connectivity index (χ2n) is 3.19. The molecule has 0 aliphatic carbocycles. The summed E-state index contributed by atoms with van der Waals surface area (Å²) in [6.07, 6.45) is 1.77. The number of hydrogen-bond donors (Lipinski definition) is 1. The molecule has 13 heavy (non-hydrogen) atoms. The van der Waals surface area contributed by atoms with Crippen molar-refractivity contribution in [2.45, 2.75) is 13.8 Å². The van der Waals surface area contributed by atoms with E-state index in [1.54, 1.807) is 6.20 Å². The van der Waals surface area contributed by atoms with Gasteiger partial charge in [0.25, 0.3) is 0 Å². The summed E-state index contributed by atoms with van der Waals surface area (Å²) in [5.41, 5.74) is 0.939. The second-order valence-corrected chi connectivity index (χ2v) is 3.55. The van der Waals surface area contributed by atoms with E-state index < -0.39 is 0 Å². The molecule has 0 bridgehead atoms. The van der Waals surface area contributed by atoms with E-state index in [0.717, 1.165) is 17.2 Å². The minimum Gasteiger partial charge on any atom is -0.491 e. The van der Waals surface area contributed by atoms with Gasteiger partial charge in [0.2, 0.25) is 0 Å². The zero-order chi connectivity index (χ0) is 9.68. The quantitative estimate of drug-likeness (QED) is 0.748. The molecule has 1 unspecified atom stereocenters. The highest BCUT2D eigenvalue weighted by molar-refractivity contribution is 7.80. The lowest BCUT2D eigenvalue weighted by atomic mass is 10.2. The summed E-state index contributed by atoms with van der Waals surface area (Å²) in [5.74, 6) is 2.19. The molecule has 0 radical (unpaired) electrons. The third kappa shape index (κ3) is 3.27. The molecule has 0 aliphatic heterocycles. The topological polar surface area (TPSA) is 22.1 Å². The molecule has 1 aromatic heterocycles. The Morgan fingerprint density at radius 1 is 1.62 bits per heavy atom. The van der Waals surface area contributed by atoms with Crippen LogP contribution in [0, 0.1) is 12.8 Å². The summed E-state index contributed by atoms with van der Waals surface area (Å²) < 4.78 is 5.58. The zero-order valence-electron chi connectivity index (χ0n) is 8.03. The van der Waals surface area contributed by atoms with Crippen molar-refractivity contribution in [1.29, 1.82) is 0 Å². The van der Waals surface area contributed by atoms with Gasteiger partial charge in [-0.2, -0.15) is 12.6 Å². The van der Waals surface area contributed by atoms with E-state index in [0.29, 0.717) is 12.5 Å². The van der Waals surface area contributed by atoms with Crippen molar-refractivity contribution in [3.05, 3.63) is 24.0 Å². The first kappa shape index (κ1) is 10.4. The Kier molecular flexibility index (Phi) is 4.09. The van der Waals surface area contributed by atoms with Crippen molar-refractivity contribution >= 4 is 12.6 Å². The number of rotatable bonds is 4. The average Bonchev–Trinajstić information content (AvgIpc) is 2.16. The van der Waals surface area contributed by atoms with E-state index >= 15 is 0 Å². The smallest absolute Gasteiger partial charge is 0.140 e. The molecular formula is C10H15NOS. The fourth-order valence-corrected chi connectivity index (χ4v) is 1.01. The van der Waals surface area contributed by atoms with Crippen LogP contribution in [0.4, 0.5) is 0 Å². The highest BCUT2D eigenvalue weighted by atomic mass is 32.1. The van der Waals surface area contributed by atoms with Gasteiger partial charge in [0.1, 0.15) is 5.75 Å². The third-order valence-corrected chi connectivity index (χ3v) is 2.42. The first-order valence-electron chi connectivity index (χ1n) is 4.39. The summed E-state index contributed by atoms with van der Waals surface area (Å²) >= 11 is 4.19. The lowest BCUT2D eigenvalue weighted by molar-refractivity contribution is 0.271. The van der Waals surface area contributed by atoms with Crippen molar-refractivity contribution in [2.75, 3.05) is 12.4 Å². The molecule has 0 spiro atoms. The first-order chi connectivity index (χ1) is 6.24. The van der Waals surface area contributed by atoms with Crippen LogP contribution < -0.4 is 4.74 Å². The second kappa shape index (κ2) is 5.12. The van der Waals surface area contributed by atoms with E-state index in [1.165, 1.54) is 0 Å². The van der Waals surface area contributed by atoms with Crippen molar-refractivity contribution < 1.29 is 4.74 Å². The largest absolute Gasteiger partial charge is 0.491 e. The maximum Gasteiger partial charge on any atom is 0.140 e. The molecule has 1 rings (SSSR count). The minimum atomic E-state index is 0.475. The lowest BCUT2D eigenvalue weighted by Gasteiger charge is -2.11. The van der Waals surface area contributed by atoms with Gasteiger partial charge < -0.3 is 4.74 Å². The maximum absolute atomic E-state index is 5.58. The third-order valence-electron chi connectivity index (χ3n) is 1.79. The number of aryl methyl sites for hydroxylation is 1. The number of ether oxygens (including phenoxy) is 1. The predicted octanol–water partition coefficient (Wildman–Crippen LogP) is 2.33. The zero-order valence-corrected chi connectivity index (χ0v) is 8.92. The van der Waals surface area contributed by atoms with Gasteiger partial charge in [-0.05, 0) is 30.7 Å². The molecule has 72 valence electrons. The molecule has 3 heteroatoms. The van der Waals surface area contributed by atoms with Gasteiger partial charge in [0, 0.05) is 6.20 Å². The van der Waals surface area contributed by atoms with E-state index in [1.807, 2.05) is 19.1 Å². The van der Waals surface area contributed by atoms with Gasteiger partial charge in [0.15, 0.2) is 0 Å². The predicted molar refractivity (Wildman–Crippen MR) is 57.5 cm³/mol. The molecule has 0 aliphatic rings. The summed E-state index contributed by atoms with van der Waals surface area (Å²) in [5, 5.41) is 0. The molecule has 1 heterocycles. The fourth-order valence-electron chi connectivity index (χ4n) is 0.907. The van der Waals surface area contributed by atoms with Crippen molar-refractivity contribution in [2.24, 2.45) is 5.92 Å². The van der Waals surface area contributed by atoms with Crippen molar-refractivity contribution in [3.63, 3.8) is 0 Å². The van der Waals surface area contributed by atoms with Gasteiger partial charge >= 0.3 is 0 Å². The Bertz CT molecular complexity index is 265. The first-order valence-corrected chi connectivity index (χ1v) is 5.02. The highest BCUT2D eigenvalue weighted by Crippen LogP contribution is 2.14. The van der Waals surface area contributed by atoms with Crippen LogP contribution >= 0.6 is 12.6 Å². The molecule has 0 saturated heterocycles. The van der Waals surface area contributed by atoms with Crippen LogP contribution in [0.3, 0.4) is 0 Å². The minimum absolute atomic E-state index is 0.475. The summed E-state index contributed by atoms with van der Waals surface area (Å²) in [6.45, 7) is 4.76. The molecule has 0 N–H and O–H groups in total. The highest BCUT2D eigenvalue weighted by Gasteiger charge is 2.02. The van der Waals surface area contributed by atoms with Gasteiger partial charge in [-0.3, -0.25) is 4.98 Å². The van der Waals surface area contributed by atoms with Crippen molar-refractivity contribution in [1.82, 2.24) is 4.98 Å². The molecule has 0 fully saturated rings. The molecule has 2 nitrogen and oxygen atoms in total. The number of pyridine rings is 1. The number of hydrogen-bond acceptors (Lipinski definition) is 3. The van der Waals surface area contributed by atoms with E-state index in [9.17, 15) is 0 Å². The van der Waals surface area contributed by atoms with Crippen LogP contribution in [0.25, 0.3) is 0 Å². The SMILES string of the molecule is Cc1ncccc1OCC(C)CS. The van der Waals surface area contributed by atoms with Crippen LogP contribution in [0.2, 0.25) is 0 Å². The van der Waals surface area contributed by atoms with Crippen LogP contribution in [-0.2, 0) is 0 Å². The van der Waals surface area contributed by atoms with Gasteiger partial charge in [-0.1, -0.05) is 6.92 Å². The molecule has 0 saturated carbocycles. The Labute approximate surface area is 84.7 Å². The Balaban J connectivity index is 2.50. The average molecular weight is 197 g/mol. The Hall–Kier alpha value is -0.700. The van der Waals surface area contributed by atoms with Crippen LogP contribution in [0.15, 0.2) is 18.3 Å². The van der Waals surface area contributed by atoms with Crippen LogP contribution in [0.5, 0.6) is 5.75 Å². The standard InChI is InChI=1S/C10H15NOS/c1-8(7-13)6-12-10-4-3-5-11-9(10)2/h3-5,8,13H,6-7H2,1-2H3. The van der Waals surface area contributed by atoms with E-state index in [-0.39, 0.29) is 0 Å². The van der Waals surface area contributed by atoms with Crippen LogP contribution in [0.1, 0.15) is 12.6 Å². The summed E-state index contributed by atoms with van der Waals surface area (Å²) in [6, 6.07) is 3.82.